The Morgan fingerprint density at radius 2 is 1.58 bits per heavy atom. The van der Waals surface area contributed by atoms with Crippen LogP contribution in [0.3, 0.4) is 0 Å². The number of carbonyl (C=O) groups is 3. The van der Waals surface area contributed by atoms with Crippen LogP contribution in [0.25, 0.3) is 0 Å². The second kappa shape index (κ2) is 8.24. The minimum atomic E-state index is -1.09. The lowest BCUT2D eigenvalue weighted by Crippen LogP contribution is -2.16. The Balaban J connectivity index is 2.02. The minimum absolute atomic E-state index is 0.0584. The quantitative estimate of drug-likeness (QED) is 0.736. The summed E-state index contributed by atoms with van der Waals surface area (Å²) < 4.78 is 0. The van der Waals surface area contributed by atoms with Gasteiger partial charge in [-0.25, -0.2) is 9.78 Å². The Morgan fingerprint density at radius 3 is 2.08 bits per heavy atom. The van der Waals surface area contributed by atoms with Crippen LogP contribution in [0, 0.1) is 12.8 Å². The first-order valence-corrected chi connectivity index (χ1v) is 8.18. The molecule has 2 amide bonds. The van der Waals surface area contributed by atoms with Gasteiger partial charge in [0.15, 0.2) is 0 Å². The van der Waals surface area contributed by atoms with Crippen molar-refractivity contribution in [1.29, 1.82) is 0 Å². The van der Waals surface area contributed by atoms with Gasteiger partial charge in [-0.15, -0.1) is 0 Å². The molecule has 0 fully saturated rings. The zero-order valence-electron chi connectivity index (χ0n) is 14.9. The Bertz CT molecular complexity index is 829. The van der Waals surface area contributed by atoms with Crippen molar-refractivity contribution in [2.24, 2.45) is 5.92 Å². The van der Waals surface area contributed by atoms with Crippen molar-refractivity contribution in [2.45, 2.75) is 27.2 Å². The molecule has 0 bridgehead atoms. The molecule has 136 valence electrons. The van der Waals surface area contributed by atoms with E-state index in [0.29, 0.717) is 17.8 Å². The number of carboxylic acids is 1. The first-order valence-electron chi connectivity index (χ1n) is 8.18. The number of aryl methyl sites for hydroxylation is 1. The molecule has 1 aromatic heterocycles. The zero-order chi connectivity index (χ0) is 19.3. The predicted molar refractivity (Wildman–Crippen MR) is 98.4 cm³/mol. The number of carboxylic acid groups (broad SMARTS) is 1. The van der Waals surface area contributed by atoms with Crippen molar-refractivity contribution in [3.63, 3.8) is 0 Å². The van der Waals surface area contributed by atoms with Crippen molar-refractivity contribution >= 4 is 29.2 Å². The smallest absolute Gasteiger partial charge is 0.337 e. The van der Waals surface area contributed by atoms with Crippen LogP contribution in [0.2, 0.25) is 0 Å². The van der Waals surface area contributed by atoms with Gasteiger partial charge in [0, 0.05) is 17.8 Å². The van der Waals surface area contributed by atoms with E-state index in [-0.39, 0.29) is 28.8 Å². The van der Waals surface area contributed by atoms with Crippen molar-refractivity contribution in [2.75, 3.05) is 10.6 Å². The van der Waals surface area contributed by atoms with Gasteiger partial charge in [-0.1, -0.05) is 13.8 Å². The van der Waals surface area contributed by atoms with E-state index < -0.39 is 11.9 Å². The number of nitrogens with zero attached hydrogens (tertiary/aromatic N) is 1. The molecule has 2 rings (SSSR count). The summed E-state index contributed by atoms with van der Waals surface area (Å²) in [4.78, 5) is 39.0. The molecular formula is C19H21N3O4. The first kappa shape index (κ1) is 19.1. The van der Waals surface area contributed by atoms with Crippen molar-refractivity contribution in [3.05, 3.63) is 53.3 Å². The van der Waals surface area contributed by atoms with E-state index in [0.717, 1.165) is 0 Å². The SMILES string of the molecule is Cc1nc(C(=O)Nc2ccc(NC(=O)CC(C)C)cc2)ccc1C(=O)O. The molecular weight excluding hydrogens is 334 g/mol. The molecule has 0 atom stereocenters. The number of carbonyl (C=O) groups excluding carboxylic acids is 2. The monoisotopic (exact) mass is 355 g/mol. The molecule has 26 heavy (non-hydrogen) atoms. The first-order chi connectivity index (χ1) is 12.3. The molecule has 1 aromatic carbocycles. The summed E-state index contributed by atoms with van der Waals surface area (Å²) >= 11 is 0. The fourth-order valence-corrected chi connectivity index (χ4v) is 2.33. The maximum absolute atomic E-state index is 12.2. The molecule has 7 heteroatoms. The Kier molecular flexibility index (Phi) is 6.06. The van der Waals surface area contributed by atoms with E-state index in [1.807, 2.05) is 13.8 Å². The lowest BCUT2D eigenvalue weighted by Gasteiger charge is -2.09. The molecule has 3 N–H and O–H groups in total. The van der Waals surface area contributed by atoms with Crippen LogP contribution >= 0.6 is 0 Å². The van der Waals surface area contributed by atoms with Gasteiger partial charge in [-0.05, 0) is 49.2 Å². The molecule has 0 radical (unpaired) electrons. The molecule has 2 aromatic rings. The summed E-state index contributed by atoms with van der Waals surface area (Å²) in [7, 11) is 0. The van der Waals surface area contributed by atoms with E-state index in [1.165, 1.54) is 19.1 Å². The predicted octanol–water partition coefficient (Wildman–Crippen LogP) is 3.33. The third-order valence-electron chi connectivity index (χ3n) is 3.57. The lowest BCUT2D eigenvalue weighted by atomic mass is 10.1. The van der Waals surface area contributed by atoms with E-state index in [1.54, 1.807) is 24.3 Å². The van der Waals surface area contributed by atoms with Gasteiger partial charge in [-0.2, -0.15) is 0 Å². The normalized spacial score (nSPS) is 10.5. The summed E-state index contributed by atoms with van der Waals surface area (Å²) in [6.45, 7) is 5.47. The summed E-state index contributed by atoms with van der Waals surface area (Å²) in [5.41, 5.74) is 1.64. The number of benzene rings is 1. The number of pyridine rings is 1. The van der Waals surface area contributed by atoms with Crippen LogP contribution in [0.1, 0.15) is 46.8 Å². The molecule has 0 aliphatic carbocycles. The fraction of sp³-hybridized carbons (Fsp3) is 0.263. The van der Waals surface area contributed by atoms with Crippen LogP contribution in [0.4, 0.5) is 11.4 Å². The third-order valence-corrected chi connectivity index (χ3v) is 3.57. The van der Waals surface area contributed by atoms with E-state index in [9.17, 15) is 14.4 Å². The second-order valence-corrected chi connectivity index (χ2v) is 6.31. The van der Waals surface area contributed by atoms with Gasteiger partial charge in [0.05, 0.1) is 11.3 Å². The summed E-state index contributed by atoms with van der Waals surface area (Å²) in [5, 5.41) is 14.5. The number of aromatic carboxylic acids is 1. The number of aromatic nitrogens is 1. The molecule has 0 spiro atoms. The number of anilines is 2. The van der Waals surface area contributed by atoms with Gasteiger partial charge in [0.2, 0.25) is 5.91 Å². The van der Waals surface area contributed by atoms with E-state index in [4.69, 9.17) is 5.11 Å². The molecule has 0 aliphatic rings. The number of hydrogen-bond acceptors (Lipinski definition) is 4. The van der Waals surface area contributed by atoms with Gasteiger partial charge >= 0.3 is 5.97 Å². The van der Waals surface area contributed by atoms with E-state index >= 15 is 0 Å². The Morgan fingerprint density at radius 1 is 1.00 bits per heavy atom. The largest absolute Gasteiger partial charge is 0.478 e. The maximum Gasteiger partial charge on any atom is 0.337 e. The molecule has 0 saturated heterocycles. The topological polar surface area (TPSA) is 108 Å². The summed E-state index contributed by atoms with van der Waals surface area (Å²) in [5.74, 6) is -1.31. The molecule has 1 heterocycles. The van der Waals surface area contributed by atoms with Gasteiger partial charge in [-0.3, -0.25) is 9.59 Å². The fourth-order valence-electron chi connectivity index (χ4n) is 2.33. The highest BCUT2D eigenvalue weighted by Crippen LogP contribution is 2.16. The Labute approximate surface area is 151 Å². The Hall–Kier alpha value is -3.22. The van der Waals surface area contributed by atoms with Gasteiger partial charge in [0.1, 0.15) is 5.69 Å². The minimum Gasteiger partial charge on any atom is -0.478 e. The van der Waals surface area contributed by atoms with Crippen molar-refractivity contribution in [3.8, 4) is 0 Å². The number of nitrogens with one attached hydrogen (secondary N) is 2. The molecule has 0 unspecified atom stereocenters. The van der Waals surface area contributed by atoms with Crippen molar-refractivity contribution in [1.82, 2.24) is 4.98 Å². The van der Waals surface area contributed by atoms with Crippen LogP contribution in [-0.2, 0) is 4.79 Å². The van der Waals surface area contributed by atoms with Crippen LogP contribution < -0.4 is 10.6 Å². The number of amides is 2. The van der Waals surface area contributed by atoms with Gasteiger partial charge < -0.3 is 15.7 Å². The highest BCUT2D eigenvalue weighted by molar-refractivity contribution is 6.03. The average molecular weight is 355 g/mol. The highest BCUT2D eigenvalue weighted by Gasteiger charge is 2.13. The molecule has 7 nitrogen and oxygen atoms in total. The average Bonchev–Trinajstić information content (AvgIpc) is 2.55. The highest BCUT2D eigenvalue weighted by atomic mass is 16.4. The second-order valence-electron chi connectivity index (χ2n) is 6.31. The van der Waals surface area contributed by atoms with Crippen LogP contribution in [-0.4, -0.2) is 27.9 Å². The van der Waals surface area contributed by atoms with Gasteiger partial charge in [0.25, 0.3) is 5.91 Å². The van der Waals surface area contributed by atoms with Crippen LogP contribution in [0.5, 0.6) is 0 Å². The van der Waals surface area contributed by atoms with E-state index in [2.05, 4.69) is 15.6 Å². The summed E-state index contributed by atoms with van der Waals surface area (Å²) in [6, 6.07) is 9.45. The standard InChI is InChI=1S/C19H21N3O4/c1-11(2)10-17(23)21-13-4-6-14(7-5-13)22-18(24)16-9-8-15(19(25)26)12(3)20-16/h4-9,11H,10H2,1-3H3,(H,21,23)(H,22,24)(H,25,26). The number of hydrogen-bond donors (Lipinski definition) is 3. The molecule has 0 saturated carbocycles. The lowest BCUT2D eigenvalue weighted by molar-refractivity contribution is -0.116. The van der Waals surface area contributed by atoms with Crippen molar-refractivity contribution < 1.29 is 19.5 Å². The number of rotatable bonds is 6. The molecule has 0 aliphatic heterocycles. The maximum atomic E-state index is 12.2. The summed E-state index contributed by atoms with van der Waals surface area (Å²) in [6.07, 6.45) is 0.440. The zero-order valence-corrected chi connectivity index (χ0v) is 14.9. The third kappa shape index (κ3) is 5.14. The van der Waals surface area contributed by atoms with Crippen LogP contribution in [0.15, 0.2) is 36.4 Å².